The van der Waals surface area contributed by atoms with Crippen molar-refractivity contribution < 1.29 is 19.7 Å². The fraction of sp³-hybridized carbons (Fsp3) is 0.696. The highest BCUT2D eigenvalue weighted by molar-refractivity contribution is 8.00. The summed E-state index contributed by atoms with van der Waals surface area (Å²) in [4.78, 5) is 12.0. The molecule has 1 saturated carbocycles. The number of hydrogen-bond donors (Lipinski definition) is 2. The number of carbonyl (C=O) groups is 1. The minimum Gasteiger partial charge on any atom is -0.507 e. The number of carboxylic acid groups (broad SMARTS) is 1. The van der Waals surface area contributed by atoms with Crippen LogP contribution in [0.5, 0.6) is 5.75 Å². The van der Waals surface area contributed by atoms with Crippen LogP contribution in [0.2, 0.25) is 0 Å². The molecule has 1 fully saturated rings. The SMILES string of the molecule is CC(C)(C)c1cc(S[C@H]2CCCC[C@@H]2OCCC(=O)O)cc(C(C)(C)C)c1O. The zero-order valence-corrected chi connectivity index (χ0v) is 19.0. The summed E-state index contributed by atoms with van der Waals surface area (Å²) in [5.41, 5.74) is 1.65. The highest BCUT2D eigenvalue weighted by Gasteiger charge is 2.30. The van der Waals surface area contributed by atoms with Gasteiger partial charge < -0.3 is 14.9 Å². The number of aliphatic carboxylic acids is 1. The first kappa shape index (κ1) is 23.1. The van der Waals surface area contributed by atoms with Crippen LogP contribution >= 0.6 is 11.8 Å². The average molecular weight is 409 g/mol. The summed E-state index contributed by atoms with van der Waals surface area (Å²) in [7, 11) is 0. The first-order valence-corrected chi connectivity index (χ1v) is 11.2. The maximum Gasteiger partial charge on any atom is 0.305 e. The third-order valence-corrected chi connectivity index (χ3v) is 6.63. The molecule has 28 heavy (non-hydrogen) atoms. The molecule has 0 spiro atoms. The highest BCUT2D eigenvalue weighted by Crippen LogP contribution is 2.44. The Bertz CT molecular complexity index is 650. The molecule has 2 atom stereocenters. The zero-order valence-electron chi connectivity index (χ0n) is 18.2. The Balaban J connectivity index is 2.29. The number of thioether (sulfide) groups is 1. The van der Waals surface area contributed by atoms with E-state index in [1.165, 1.54) is 6.42 Å². The van der Waals surface area contributed by atoms with Gasteiger partial charge in [0.2, 0.25) is 0 Å². The van der Waals surface area contributed by atoms with E-state index in [9.17, 15) is 9.90 Å². The molecule has 0 unspecified atom stereocenters. The van der Waals surface area contributed by atoms with Crippen LogP contribution in [-0.4, -0.2) is 34.1 Å². The molecular formula is C23H36O4S. The maximum absolute atomic E-state index is 10.9. The Kier molecular flexibility index (Phi) is 7.49. The van der Waals surface area contributed by atoms with Crippen molar-refractivity contribution in [3.8, 4) is 5.75 Å². The van der Waals surface area contributed by atoms with Crippen LogP contribution < -0.4 is 0 Å². The average Bonchev–Trinajstić information content (AvgIpc) is 2.55. The largest absolute Gasteiger partial charge is 0.507 e. The second-order valence-corrected chi connectivity index (χ2v) is 11.2. The van der Waals surface area contributed by atoms with Crippen molar-refractivity contribution in [2.45, 2.75) is 101 Å². The molecular weight excluding hydrogens is 372 g/mol. The Morgan fingerprint density at radius 3 is 2.11 bits per heavy atom. The number of ether oxygens (including phenoxy) is 1. The molecule has 1 aliphatic rings. The number of aromatic hydroxyl groups is 1. The van der Waals surface area contributed by atoms with Gasteiger partial charge in [-0.3, -0.25) is 4.79 Å². The second kappa shape index (κ2) is 9.08. The van der Waals surface area contributed by atoms with Gasteiger partial charge in [0.05, 0.1) is 19.1 Å². The molecule has 158 valence electrons. The fourth-order valence-electron chi connectivity index (χ4n) is 3.68. The van der Waals surface area contributed by atoms with Gasteiger partial charge in [0, 0.05) is 21.3 Å². The van der Waals surface area contributed by atoms with E-state index in [0.717, 1.165) is 35.3 Å². The molecule has 0 bridgehead atoms. The van der Waals surface area contributed by atoms with E-state index in [4.69, 9.17) is 9.84 Å². The molecule has 2 N–H and O–H groups in total. The summed E-state index contributed by atoms with van der Waals surface area (Å²) < 4.78 is 5.95. The van der Waals surface area contributed by atoms with Crippen molar-refractivity contribution in [1.82, 2.24) is 0 Å². The predicted molar refractivity (Wildman–Crippen MR) is 116 cm³/mol. The lowest BCUT2D eigenvalue weighted by Gasteiger charge is -2.32. The summed E-state index contributed by atoms with van der Waals surface area (Å²) >= 11 is 1.82. The first-order chi connectivity index (χ1) is 12.9. The van der Waals surface area contributed by atoms with Gasteiger partial charge in [-0.15, -0.1) is 11.8 Å². The van der Waals surface area contributed by atoms with Crippen molar-refractivity contribution >= 4 is 17.7 Å². The molecule has 5 heteroatoms. The summed E-state index contributed by atoms with van der Waals surface area (Å²) in [5, 5.41) is 20.1. The Hall–Kier alpha value is -1.20. The molecule has 1 aliphatic carbocycles. The van der Waals surface area contributed by atoms with E-state index in [0.29, 0.717) is 11.0 Å². The Labute approximate surface area is 174 Å². The number of hydrogen-bond acceptors (Lipinski definition) is 4. The number of phenols is 1. The van der Waals surface area contributed by atoms with E-state index in [2.05, 4.69) is 53.7 Å². The number of phenolic OH excluding ortho intramolecular Hbond substituents is 1. The molecule has 0 saturated heterocycles. The third kappa shape index (κ3) is 6.15. The molecule has 0 aliphatic heterocycles. The topological polar surface area (TPSA) is 66.8 Å². The van der Waals surface area contributed by atoms with Crippen molar-refractivity contribution in [3.05, 3.63) is 23.3 Å². The van der Waals surface area contributed by atoms with Crippen molar-refractivity contribution in [2.24, 2.45) is 0 Å². The first-order valence-electron chi connectivity index (χ1n) is 10.3. The van der Waals surface area contributed by atoms with Gasteiger partial charge in [0.15, 0.2) is 0 Å². The molecule has 1 aromatic rings. The summed E-state index contributed by atoms with van der Waals surface area (Å²) in [6.45, 7) is 13.0. The fourth-order valence-corrected chi connectivity index (χ4v) is 5.05. The molecule has 0 aromatic heterocycles. The van der Waals surface area contributed by atoms with Gasteiger partial charge in [0.25, 0.3) is 0 Å². The quantitative estimate of drug-likeness (QED) is 0.615. The normalized spacial score (nSPS) is 20.9. The van der Waals surface area contributed by atoms with E-state index in [1.807, 2.05) is 11.8 Å². The molecule has 4 nitrogen and oxygen atoms in total. The van der Waals surface area contributed by atoms with E-state index in [1.54, 1.807) is 0 Å². The van der Waals surface area contributed by atoms with Crippen LogP contribution in [0, 0.1) is 0 Å². The van der Waals surface area contributed by atoms with Gasteiger partial charge >= 0.3 is 5.97 Å². The van der Waals surface area contributed by atoms with Crippen LogP contribution in [0.25, 0.3) is 0 Å². The Morgan fingerprint density at radius 1 is 1.07 bits per heavy atom. The second-order valence-electron chi connectivity index (χ2n) is 9.86. The van der Waals surface area contributed by atoms with Crippen LogP contribution in [0.4, 0.5) is 0 Å². The maximum atomic E-state index is 10.9. The van der Waals surface area contributed by atoms with Crippen LogP contribution in [0.15, 0.2) is 17.0 Å². The standard InChI is InChI=1S/C23H36O4S/c1-22(2,3)16-13-15(14-17(21(16)26)23(4,5)6)28-19-10-8-7-9-18(19)27-12-11-20(24)25/h13-14,18-19,26H,7-12H2,1-6H3,(H,24,25)/t18-,19-/m0/s1. The molecule has 0 heterocycles. The molecule has 0 radical (unpaired) electrons. The number of carboxylic acids is 1. The van der Waals surface area contributed by atoms with E-state index < -0.39 is 5.97 Å². The monoisotopic (exact) mass is 408 g/mol. The number of benzene rings is 1. The minimum atomic E-state index is -0.816. The van der Waals surface area contributed by atoms with Crippen molar-refractivity contribution in [3.63, 3.8) is 0 Å². The van der Waals surface area contributed by atoms with Crippen LogP contribution in [-0.2, 0) is 20.4 Å². The van der Waals surface area contributed by atoms with Gasteiger partial charge in [-0.25, -0.2) is 0 Å². The third-order valence-electron chi connectivity index (χ3n) is 5.28. The van der Waals surface area contributed by atoms with Crippen LogP contribution in [0.1, 0.15) is 84.8 Å². The van der Waals surface area contributed by atoms with Gasteiger partial charge in [-0.1, -0.05) is 54.4 Å². The lowest BCUT2D eigenvalue weighted by Crippen LogP contribution is -2.31. The summed E-state index contributed by atoms with van der Waals surface area (Å²) in [6, 6.07) is 4.25. The zero-order chi connectivity index (χ0) is 21.1. The molecule has 0 amide bonds. The summed E-state index contributed by atoms with van der Waals surface area (Å²) in [6.07, 6.45) is 4.49. The number of rotatable bonds is 6. The van der Waals surface area contributed by atoms with Gasteiger partial charge in [0.1, 0.15) is 5.75 Å². The van der Waals surface area contributed by atoms with Crippen molar-refractivity contribution in [2.75, 3.05) is 6.61 Å². The lowest BCUT2D eigenvalue weighted by molar-refractivity contribution is -0.138. The lowest BCUT2D eigenvalue weighted by atomic mass is 9.79. The van der Waals surface area contributed by atoms with Gasteiger partial charge in [-0.2, -0.15) is 0 Å². The smallest absolute Gasteiger partial charge is 0.305 e. The van der Waals surface area contributed by atoms with E-state index >= 15 is 0 Å². The van der Waals surface area contributed by atoms with E-state index in [-0.39, 0.29) is 30.0 Å². The minimum absolute atomic E-state index is 0.0510. The van der Waals surface area contributed by atoms with Crippen molar-refractivity contribution in [1.29, 1.82) is 0 Å². The van der Waals surface area contributed by atoms with Gasteiger partial charge in [-0.05, 0) is 35.8 Å². The summed E-state index contributed by atoms with van der Waals surface area (Å²) in [5.74, 6) is -0.412. The van der Waals surface area contributed by atoms with Crippen LogP contribution in [0.3, 0.4) is 0 Å². The molecule has 2 rings (SSSR count). The highest BCUT2D eigenvalue weighted by atomic mass is 32.2. The Morgan fingerprint density at radius 2 is 1.61 bits per heavy atom. The predicted octanol–water partition coefficient (Wildman–Crippen LogP) is 5.88. The molecule has 1 aromatic carbocycles.